The average molecular weight is 305 g/mol. The molecule has 0 aliphatic carbocycles. The topological polar surface area (TPSA) is 59.3 Å². The van der Waals surface area contributed by atoms with E-state index < -0.39 is 23.2 Å². The standard InChI is InChI=1S/C12H10F3NO3S/c1-3-19-11(17)7-4-8(6-16)10(9(5-7)18-2)20-12(13,14)15/h4-5H,3H2,1-2H3. The lowest BCUT2D eigenvalue weighted by Crippen LogP contribution is -2.07. The van der Waals surface area contributed by atoms with Gasteiger partial charge in [0.2, 0.25) is 0 Å². The second kappa shape index (κ2) is 6.52. The number of halogens is 3. The van der Waals surface area contributed by atoms with Gasteiger partial charge in [-0.3, -0.25) is 0 Å². The lowest BCUT2D eigenvalue weighted by molar-refractivity contribution is -0.0329. The van der Waals surface area contributed by atoms with Gasteiger partial charge in [-0.15, -0.1) is 0 Å². The summed E-state index contributed by atoms with van der Waals surface area (Å²) in [6.45, 7) is 1.70. The highest BCUT2D eigenvalue weighted by Gasteiger charge is 2.33. The van der Waals surface area contributed by atoms with E-state index in [1.165, 1.54) is 0 Å². The Morgan fingerprint density at radius 2 is 2.10 bits per heavy atom. The summed E-state index contributed by atoms with van der Waals surface area (Å²) >= 11 is -0.463. The van der Waals surface area contributed by atoms with Gasteiger partial charge in [-0.05, 0) is 30.8 Å². The highest BCUT2D eigenvalue weighted by atomic mass is 32.2. The molecule has 0 unspecified atom stereocenters. The molecule has 0 saturated carbocycles. The molecule has 0 aliphatic heterocycles. The number of alkyl halides is 3. The molecule has 0 spiro atoms. The van der Waals surface area contributed by atoms with Gasteiger partial charge in [0.1, 0.15) is 11.8 Å². The minimum Gasteiger partial charge on any atom is -0.496 e. The van der Waals surface area contributed by atoms with Crippen LogP contribution in [-0.4, -0.2) is 25.2 Å². The summed E-state index contributed by atoms with van der Waals surface area (Å²) in [6.07, 6.45) is 0. The molecule has 1 rings (SSSR count). The van der Waals surface area contributed by atoms with Crippen molar-refractivity contribution in [2.24, 2.45) is 0 Å². The van der Waals surface area contributed by atoms with Crippen molar-refractivity contribution in [3.05, 3.63) is 23.3 Å². The maximum absolute atomic E-state index is 12.5. The number of rotatable bonds is 4. The molecule has 0 saturated heterocycles. The molecule has 20 heavy (non-hydrogen) atoms. The van der Waals surface area contributed by atoms with E-state index in [1.807, 2.05) is 0 Å². The van der Waals surface area contributed by atoms with E-state index >= 15 is 0 Å². The van der Waals surface area contributed by atoms with E-state index in [4.69, 9.17) is 14.7 Å². The number of hydrogen-bond acceptors (Lipinski definition) is 5. The summed E-state index contributed by atoms with van der Waals surface area (Å²) in [7, 11) is 1.16. The van der Waals surface area contributed by atoms with Gasteiger partial charge in [0.15, 0.2) is 0 Å². The Morgan fingerprint density at radius 3 is 2.55 bits per heavy atom. The summed E-state index contributed by atoms with van der Waals surface area (Å²) in [5, 5.41) is 8.93. The summed E-state index contributed by atoms with van der Waals surface area (Å²) in [5.41, 5.74) is -4.90. The zero-order valence-electron chi connectivity index (χ0n) is 10.6. The number of nitrogens with zero attached hydrogens (tertiary/aromatic N) is 1. The first-order valence-corrected chi connectivity index (χ1v) is 6.19. The highest BCUT2D eigenvalue weighted by molar-refractivity contribution is 8.00. The summed E-state index contributed by atoms with van der Waals surface area (Å²) in [5.74, 6) is -0.930. The Bertz CT molecular complexity index is 552. The fourth-order valence-electron chi connectivity index (χ4n) is 1.39. The van der Waals surface area contributed by atoms with Crippen molar-refractivity contribution in [3.63, 3.8) is 0 Å². The van der Waals surface area contributed by atoms with E-state index in [0.717, 1.165) is 19.2 Å². The first-order valence-electron chi connectivity index (χ1n) is 5.37. The van der Waals surface area contributed by atoms with E-state index in [9.17, 15) is 18.0 Å². The van der Waals surface area contributed by atoms with Gasteiger partial charge >= 0.3 is 11.5 Å². The SMILES string of the molecule is CCOC(=O)c1cc(C#N)c(SC(F)(F)F)c(OC)c1. The second-order valence-electron chi connectivity index (χ2n) is 3.44. The van der Waals surface area contributed by atoms with Crippen LogP contribution in [0.1, 0.15) is 22.8 Å². The highest BCUT2D eigenvalue weighted by Crippen LogP contribution is 2.43. The molecule has 108 valence electrons. The molecule has 0 radical (unpaired) electrons. The Balaban J connectivity index is 3.33. The third-order valence-electron chi connectivity index (χ3n) is 2.12. The Hall–Kier alpha value is -1.88. The van der Waals surface area contributed by atoms with Crippen LogP contribution in [0.3, 0.4) is 0 Å². The van der Waals surface area contributed by atoms with E-state index in [0.29, 0.717) is 0 Å². The lowest BCUT2D eigenvalue weighted by Gasteiger charge is -2.13. The van der Waals surface area contributed by atoms with Gasteiger partial charge in [-0.2, -0.15) is 18.4 Å². The number of benzene rings is 1. The number of carbonyl (C=O) groups excluding carboxylic acids is 1. The first-order chi connectivity index (χ1) is 9.32. The van der Waals surface area contributed by atoms with Crippen LogP contribution in [0, 0.1) is 11.3 Å². The van der Waals surface area contributed by atoms with Crippen molar-refractivity contribution < 1.29 is 27.4 Å². The maximum Gasteiger partial charge on any atom is 0.446 e. The third-order valence-corrected chi connectivity index (χ3v) is 2.98. The maximum atomic E-state index is 12.5. The lowest BCUT2D eigenvalue weighted by atomic mass is 10.1. The van der Waals surface area contributed by atoms with E-state index in [2.05, 4.69) is 0 Å². The third kappa shape index (κ3) is 4.06. The van der Waals surface area contributed by atoms with Gasteiger partial charge in [-0.1, -0.05) is 0 Å². The number of methoxy groups -OCH3 is 1. The van der Waals surface area contributed by atoms with Crippen LogP contribution < -0.4 is 4.74 Å². The fraction of sp³-hybridized carbons (Fsp3) is 0.333. The van der Waals surface area contributed by atoms with Gasteiger partial charge in [0, 0.05) is 0 Å². The first kappa shape index (κ1) is 16.2. The predicted octanol–water partition coefficient (Wildman–Crippen LogP) is 3.36. The normalized spacial score (nSPS) is 10.8. The van der Waals surface area contributed by atoms with Crippen molar-refractivity contribution in [2.45, 2.75) is 17.3 Å². The molecule has 0 atom stereocenters. The van der Waals surface area contributed by atoms with Gasteiger partial charge in [0.25, 0.3) is 0 Å². The number of nitriles is 1. The van der Waals surface area contributed by atoms with E-state index in [1.54, 1.807) is 13.0 Å². The van der Waals surface area contributed by atoms with Crippen LogP contribution >= 0.6 is 11.8 Å². The Morgan fingerprint density at radius 1 is 1.45 bits per heavy atom. The number of esters is 1. The molecule has 8 heteroatoms. The van der Waals surface area contributed by atoms with Crippen LogP contribution in [-0.2, 0) is 4.74 Å². The summed E-state index contributed by atoms with van der Waals surface area (Å²) in [4.78, 5) is 11.2. The average Bonchev–Trinajstić information content (AvgIpc) is 2.37. The van der Waals surface area contributed by atoms with Gasteiger partial charge in [0.05, 0.1) is 29.7 Å². The molecule has 0 aromatic heterocycles. The van der Waals surface area contributed by atoms with Gasteiger partial charge in [-0.25, -0.2) is 4.79 Å². The van der Waals surface area contributed by atoms with Crippen molar-refractivity contribution in [1.29, 1.82) is 5.26 Å². The zero-order chi connectivity index (χ0) is 15.3. The minimum atomic E-state index is -4.57. The van der Waals surface area contributed by atoms with E-state index in [-0.39, 0.29) is 28.4 Å². The molecular weight excluding hydrogens is 295 g/mol. The molecule has 0 fully saturated rings. The Kier molecular flexibility index (Phi) is 5.27. The van der Waals surface area contributed by atoms with Crippen LogP contribution in [0.2, 0.25) is 0 Å². The largest absolute Gasteiger partial charge is 0.496 e. The van der Waals surface area contributed by atoms with Crippen LogP contribution in [0.25, 0.3) is 0 Å². The summed E-state index contributed by atoms with van der Waals surface area (Å²) < 4.78 is 46.9. The predicted molar refractivity (Wildman–Crippen MR) is 65.6 cm³/mol. The van der Waals surface area contributed by atoms with Gasteiger partial charge < -0.3 is 9.47 Å². The smallest absolute Gasteiger partial charge is 0.446 e. The van der Waals surface area contributed by atoms with Crippen molar-refractivity contribution in [2.75, 3.05) is 13.7 Å². The monoisotopic (exact) mass is 305 g/mol. The Labute approximate surface area is 117 Å². The van der Waals surface area contributed by atoms with Crippen molar-refractivity contribution in [1.82, 2.24) is 0 Å². The molecule has 0 aliphatic rings. The fourth-order valence-corrected chi connectivity index (χ4v) is 2.08. The number of carbonyl (C=O) groups is 1. The van der Waals surface area contributed by atoms with Crippen LogP contribution in [0.5, 0.6) is 5.75 Å². The molecule has 0 amide bonds. The molecule has 0 N–H and O–H groups in total. The van der Waals surface area contributed by atoms with Crippen LogP contribution in [0.15, 0.2) is 17.0 Å². The molecule has 0 bridgehead atoms. The van der Waals surface area contributed by atoms with Crippen molar-refractivity contribution >= 4 is 17.7 Å². The zero-order valence-corrected chi connectivity index (χ0v) is 11.4. The number of hydrogen-bond donors (Lipinski definition) is 0. The molecule has 1 aromatic carbocycles. The minimum absolute atomic E-state index is 0.0354. The number of ether oxygens (including phenoxy) is 2. The molecule has 4 nitrogen and oxygen atoms in total. The van der Waals surface area contributed by atoms with Crippen molar-refractivity contribution in [3.8, 4) is 11.8 Å². The molecule has 1 aromatic rings. The molecule has 0 heterocycles. The van der Waals surface area contributed by atoms with Crippen LogP contribution in [0.4, 0.5) is 13.2 Å². The quantitative estimate of drug-likeness (QED) is 0.630. The summed E-state index contributed by atoms with van der Waals surface area (Å²) in [6, 6.07) is 3.79. The number of thioether (sulfide) groups is 1. The second-order valence-corrected chi connectivity index (χ2v) is 4.51. The molecular formula is C12H10F3NO3S.